The van der Waals surface area contributed by atoms with Crippen molar-refractivity contribution in [3.05, 3.63) is 52.3 Å². The molecule has 2 rings (SSSR count). The molecule has 0 bridgehead atoms. The molecule has 1 heterocycles. The van der Waals surface area contributed by atoms with E-state index in [2.05, 4.69) is 10.3 Å². The van der Waals surface area contributed by atoms with E-state index < -0.39 is 5.91 Å². The van der Waals surface area contributed by atoms with E-state index in [9.17, 15) is 9.59 Å². The minimum Gasteiger partial charge on any atom is -0.484 e. The molecule has 6 nitrogen and oxygen atoms in total. The number of pyridine rings is 1. The van der Waals surface area contributed by atoms with Gasteiger partial charge in [0.15, 0.2) is 6.61 Å². The lowest BCUT2D eigenvalue weighted by Gasteiger charge is -2.08. The summed E-state index contributed by atoms with van der Waals surface area (Å²) in [6, 6.07) is 9.27. The third-order valence-electron chi connectivity index (χ3n) is 2.52. The van der Waals surface area contributed by atoms with Crippen LogP contribution in [0.15, 0.2) is 36.4 Å². The number of aromatic nitrogens is 1. The molecule has 8 heteroatoms. The summed E-state index contributed by atoms with van der Waals surface area (Å²) in [4.78, 5) is 26.4. The first kappa shape index (κ1) is 16.1. The highest BCUT2D eigenvalue weighted by Gasteiger charge is 2.09. The topological polar surface area (TPSA) is 94.3 Å². The number of halogens is 2. The lowest BCUT2D eigenvalue weighted by Crippen LogP contribution is -2.20. The minimum atomic E-state index is -0.566. The van der Waals surface area contributed by atoms with Crippen LogP contribution in [0.25, 0.3) is 0 Å². The molecule has 0 atom stereocenters. The Hall–Kier alpha value is -2.31. The molecule has 0 aliphatic carbocycles. The van der Waals surface area contributed by atoms with Crippen LogP contribution in [0.2, 0.25) is 10.3 Å². The molecule has 0 aliphatic heterocycles. The van der Waals surface area contributed by atoms with Gasteiger partial charge in [-0.1, -0.05) is 23.2 Å². The number of carbonyl (C=O) groups excluding carboxylic acids is 2. The van der Waals surface area contributed by atoms with E-state index in [0.29, 0.717) is 17.0 Å². The van der Waals surface area contributed by atoms with Crippen LogP contribution >= 0.6 is 23.2 Å². The van der Waals surface area contributed by atoms with Gasteiger partial charge in [-0.2, -0.15) is 0 Å². The van der Waals surface area contributed by atoms with Crippen molar-refractivity contribution in [2.75, 3.05) is 11.9 Å². The Morgan fingerprint density at radius 1 is 1.14 bits per heavy atom. The molecule has 22 heavy (non-hydrogen) atoms. The number of nitrogens with one attached hydrogen (secondary N) is 1. The molecular formula is C14H11Cl2N3O3. The van der Waals surface area contributed by atoms with Crippen LogP contribution in [-0.4, -0.2) is 23.4 Å². The highest BCUT2D eigenvalue weighted by atomic mass is 35.5. The number of rotatable bonds is 5. The summed E-state index contributed by atoms with van der Waals surface area (Å²) in [5, 5.41) is 2.94. The van der Waals surface area contributed by atoms with Crippen molar-refractivity contribution in [1.29, 1.82) is 0 Å². The van der Waals surface area contributed by atoms with Gasteiger partial charge in [0.25, 0.3) is 11.8 Å². The summed E-state index contributed by atoms with van der Waals surface area (Å²) in [5.41, 5.74) is 5.81. The fourth-order valence-electron chi connectivity index (χ4n) is 1.59. The molecule has 3 N–H and O–H groups in total. The van der Waals surface area contributed by atoms with Gasteiger partial charge in [-0.15, -0.1) is 0 Å². The molecule has 0 unspecified atom stereocenters. The second-order valence-electron chi connectivity index (χ2n) is 4.23. The van der Waals surface area contributed by atoms with Gasteiger partial charge in [-0.25, -0.2) is 4.98 Å². The van der Waals surface area contributed by atoms with Crippen LogP contribution < -0.4 is 15.8 Å². The molecule has 0 aliphatic rings. The van der Waals surface area contributed by atoms with Crippen LogP contribution in [0.5, 0.6) is 5.75 Å². The van der Waals surface area contributed by atoms with Crippen molar-refractivity contribution in [1.82, 2.24) is 4.98 Å². The summed E-state index contributed by atoms with van der Waals surface area (Å²) in [5.74, 6) is -0.479. The second-order valence-corrected chi connectivity index (χ2v) is 5.01. The third kappa shape index (κ3) is 4.61. The second kappa shape index (κ2) is 7.11. The third-order valence-corrected chi connectivity index (χ3v) is 2.91. The van der Waals surface area contributed by atoms with Gasteiger partial charge in [0, 0.05) is 11.3 Å². The molecule has 2 amide bonds. The summed E-state index contributed by atoms with van der Waals surface area (Å²) in [6.45, 7) is -0.209. The minimum absolute atomic E-state index is 0.132. The maximum atomic E-state index is 12.1. The van der Waals surface area contributed by atoms with Crippen LogP contribution in [0.3, 0.4) is 0 Å². The Balaban J connectivity index is 2.03. The lowest BCUT2D eigenvalue weighted by molar-refractivity contribution is -0.119. The van der Waals surface area contributed by atoms with Gasteiger partial charge in [0.05, 0.1) is 0 Å². The summed E-state index contributed by atoms with van der Waals surface area (Å²) in [6.07, 6.45) is 0. The molecule has 0 fully saturated rings. The number of nitrogens with two attached hydrogens (primary N) is 1. The van der Waals surface area contributed by atoms with Crippen molar-refractivity contribution < 1.29 is 14.3 Å². The molecule has 0 saturated heterocycles. The van der Waals surface area contributed by atoms with Crippen molar-refractivity contribution in [3.8, 4) is 5.75 Å². The van der Waals surface area contributed by atoms with Gasteiger partial charge in [-0.05, 0) is 36.4 Å². The number of nitrogens with zero attached hydrogens (tertiary/aromatic N) is 1. The Kier molecular flexibility index (Phi) is 5.19. The number of carbonyl (C=O) groups is 2. The number of amides is 2. The summed E-state index contributed by atoms with van der Waals surface area (Å²) < 4.78 is 5.11. The number of primary amides is 1. The highest BCUT2D eigenvalue weighted by Crippen LogP contribution is 2.18. The first-order valence-corrected chi connectivity index (χ1v) is 6.85. The van der Waals surface area contributed by atoms with E-state index in [1.807, 2.05) is 0 Å². The lowest BCUT2D eigenvalue weighted by atomic mass is 10.2. The maximum Gasteiger partial charge on any atom is 0.255 e. The van der Waals surface area contributed by atoms with Crippen LogP contribution in [0.4, 0.5) is 5.69 Å². The van der Waals surface area contributed by atoms with Crippen LogP contribution in [0.1, 0.15) is 10.4 Å². The average Bonchev–Trinajstić information content (AvgIpc) is 2.45. The van der Waals surface area contributed by atoms with Gasteiger partial charge in [0.2, 0.25) is 0 Å². The van der Waals surface area contributed by atoms with E-state index in [1.54, 1.807) is 24.3 Å². The zero-order valence-electron chi connectivity index (χ0n) is 11.2. The van der Waals surface area contributed by atoms with E-state index >= 15 is 0 Å². The van der Waals surface area contributed by atoms with Gasteiger partial charge in [0.1, 0.15) is 16.1 Å². The van der Waals surface area contributed by atoms with Gasteiger partial charge >= 0.3 is 0 Å². The number of hydrogen-bond acceptors (Lipinski definition) is 4. The predicted molar refractivity (Wildman–Crippen MR) is 83.3 cm³/mol. The molecule has 114 valence electrons. The fraction of sp³-hybridized carbons (Fsp3) is 0.0714. The van der Waals surface area contributed by atoms with E-state index in [4.69, 9.17) is 33.7 Å². The zero-order valence-corrected chi connectivity index (χ0v) is 12.7. The largest absolute Gasteiger partial charge is 0.484 e. The monoisotopic (exact) mass is 339 g/mol. The van der Waals surface area contributed by atoms with Crippen molar-refractivity contribution in [3.63, 3.8) is 0 Å². The molecular weight excluding hydrogens is 329 g/mol. The van der Waals surface area contributed by atoms with Crippen LogP contribution in [-0.2, 0) is 4.79 Å². The fourth-order valence-corrected chi connectivity index (χ4v) is 2.05. The Bertz CT molecular complexity index is 685. The van der Waals surface area contributed by atoms with Crippen LogP contribution in [0, 0.1) is 0 Å². The first-order valence-electron chi connectivity index (χ1n) is 6.09. The van der Waals surface area contributed by atoms with E-state index in [0.717, 1.165) is 0 Å². The molecule has 0 saturated carbocycles. The number of ether oxygens (including phenoxy) is 1. The normalized spacial score (nSPS) is 10.1. The van der Waals surface area contributed by atoms with E-state index in [1.165, 1.54) is 12.1 Å². The van der Waals surface area contributed by atoms with Gasteiger partial charge in [-0.3, -0.25) is 9.59 Å². The number of hydrogen-bond donors (Lipinski definition) is 2. The Morgan fingerprint density at radius 3 is 2.27 bits per heavy atom. The Labute approximate surface area is 136 Å². The molecule has 1 aromatic heterocycles. The number of benzene rings is 1. The molecule has 2 aromatic rings. The van der Waals surface area contributed by atoms with Crippen molar-refractivity contribution in [2.24, 2.45) is 5.73 Å². The molecule has 0 spiro atoms. The smallest absolute Gasteiger partial charge is 0.255 e. The average molecular weight is 340 g/mol. The van der Waals surface area contributed by atoms with Crippen molar-refractivity contribution >= 4 is 40.7 Å². The predicted octanol–water partition coefficient (Wildman–Crippen LogP) is 2.50. The zero-order chi connectivity index (χ0) is 16.1. The number of anilines is 1. The Morgan fingerprint density at radius 2 is 1.73 bits per heavy atom. The summed E-state index contributed by atoms with van der Waals surface area (Å²) in [7, 11) is 0. The van der Waals surface area contributed by atoms with E-state index in [-0.39, 0.29) is 22.8 Å². The quantitative estimate of drug-likeness (QED) is 0.818. The summed E-state index contributed by atoms with van der Waals surface area (Å²) >= 11 is 11.5. The van der Waals surface area contributed by atoms with Gasteiger partial charge < -0.3 is 15.8 Å². The SMILES string of the molecule is NC(=O)COc1ccc(NC(=O)c2cc(Cl)nc(Cl)c2)cc1. The molecule has 0 radical (unpaired) electrons. The van der Waals surface area contributed by atoms with Crippen molar-refractivity contribution in [2.45, 2.75) is 0 Å². The highest BCUT2D eigenvalue weighted by molar-refractivity contribution is 6.33. The molecule has 1 aromatic carbocycles. The standard InChI is InChI=1S/C14H11Cl2N3O3/c15-11-5-8(6-12(16)19-11)14(21)18-9-1-3-10(4-2-9)22-7-13(17)20/h1-6H,7H2,(H2,17,20)(H,18,21). The first-order chi connectivity index (χ1) is 10.4. The maximum absolute atomic E-state index is 12.1.